The summed E-state index contributed by atoms with van der Waals surface area (Å²) in [5, 5.41) is 13.6. The fourth-order valence-electron chi connectivity index (χ4n) is 6.07. The van der Waals surface area contributed by atoms with Crippen molar-refractivity contribution in [2.24, 2.45) is 0 Å². The lowest BCUT2D eigenvalue weighted by atomic mass is 9.93. The molecule has 2 aliphatic rings. The highest BCUT2D eigenvalue weighted by Gasteiger charge is 2.28. The molecule has 1 aromatic carbocycles. The number of halogens is 3. The van der Waals surface area contributed by atoms with Gasteiger partial charge in [0.25, 0.3) is 0 Å². The Morgan fingerprint density at radius 1 is 0.975 bits per heavy atom. The van der Waals surface area contributed by atoms with E-state index >= 15 is 0 Å². The van der Waals surface area contributed by atoms with Gasteiger partial charge in [0, 0.05) is 74.2 Å². The van der Waals surface area contributed by atoms with Crippen molar-refractivity contribution < 1.29 is 18.3 Å². The maximum absolute atomic E-state index is 12.7. The molecule has 218 valence electrons. The third-order valence-electron chi connectivity index (χ3n) is 8.65. The Morgan fingerprint density at radius 2 is 1.62 bits per heavy atom. The summed E-state index contributed by atoms with van der Waals surface area (Å²) in [6.07, 6.45) is 1.45. The molecule has 1 aliphatic carbocycles. The van der Waals surface area contributed by atoms with Gasteiger partial charge < -0.3 is 15.0 Å². The number of nitrogens with zero attached hydrogens (tertiary/aromatic N) is 5. The molecule has 0 amide bonds. The minimum atomic E-state index is -4.24. The predicted molar refractivity (Wildman–Crippen MR) is 152 cm³/mol. The Bertz CT molecular complexity index is 1260. The fourth-order valence-corrected chi connectivity index (χ4v) is 6.07. The second-order valence-electron chi connectivity index (χ2n) is 11.6. The molecule has 0 spiro atoms. The monoisotopic (exact) mass is 558 g/mol. The molecule has 40 heavy (non-hydrogen) atoms. The summed E-state index contributed by atoms with van der Waals surface area (Å²) in [5.74, 6) is 0.195. The normalized spacial score (nSPS) is 22.2. The summed E-state index contributed by atoms with van der Waals surface area (Å²) in [6, 6.07) is 9.76. The number of aromatic nitrogens is 3. The average Bonchev–Trinajstić information content (AvgIpc) is 3.31. The average molecular weight is 559 g/mol. The van der Waals surface area contributed by atoms with E-state index in [9.17, 15) is 18.3 Å². The topological polar surface area (TPSA) is 69.5 Å². The molecule has 0 radical (unpaired) electrons. The van der Waals surface area contributed by atoms with Crippen LogP contribution in [0.4, 0.5) is 19.1 Å². The van der Waals surface area contributed by atoms with Crippen molar-refractivity contribution in [1.82, 2.24) is 24.3 Å². The summed E-state index contributed by atoms with van der Waals surface area (Å²) in [6.45, 7) is 10.8. The second-order valence-corrected chi connectivity index (χ2v) is 11.6. The van der Waals surface area contributed by atoms with E-state index in [1.165, 1.54) is 5.56 Å². The lowest BCUT2D eigenvalue weighted by Crippen LogP contribution is -2.49. The van der Waals surface area contributed by atoms with E-state index in [0.29, 0.717) is 17.7 Å². The molecule has 1 aliphatic heterocycles. The molecular weight excluding hydrogens is 517 g/mol. The summed E-state index contributed by atoms with van der Waals surface area (Å²) < 4.78 is 40.1. The van der Waals surface area contributed by atoms with Crippen LogP contribution in [0.25, 0.3) is 22.2 Å². The SMILES string of the molecule is CC(C)N1CCN([C@@H](C)c2ccc(-c3cn([C@H]4CC[C@H](O)CC4)c4nc(NCCC(F)(F)F)ncc34)cc2)CC1. The molecular formula is C30H41F3N6O. The Kier molecular flexibility index (Phi) is 8.68. The van der Waals surface area contributed by atoms with Gasteiger partial charge in [0.05, 0.1) is 12.5 Å². The Morgan fingerprint density at radius 3 is 2.25 bits per heavy atom. The van der Waals surface area contributed by atoms with Crippen LogP contribution in [0.3, 0.4) is 0 Å². The third kappa shape index (κ3) is 6.61. The molecule has 2 aromatic heterocycles. The van der Waals surface area contributed by atoms with E-state index < -0.39 is 12.6 Å². The van der Waals surface area contributed by atoms with Gasteiger partial charge in [-0.15, -0.1) is 0 Å². The summed E-state index contributed by atoms with van der Waals surface area (Å²) >= 11 is 0. The minimum absolute atomic E-state index is 0.168. The predicted octanol–water partition coefficient (Wildman–Crippen LogP) is 6.03. The highest BCUT2D eigenvalue weighted by atomic mass is 19.4. The first-order chi connectivity index (χ1) is 19.1. The van der Waals surface area contributed by atoms with Crippen molar-refractivity contribution in [3.8, 4) is 11.1 Å². The zero-order chi connectivity index (χ0) is 28.4. The Balaban J connectivity index is 1.39. The van der Waals surface area contributed by atoms with Crippen LogP contribution in [-0.4, -0.2) is 80.5 Å². The van der Waals surface area contributed by atoms with E-state index in [2.05, 4.69) is 80.9 Å². The van der Waals surface area contributed by atoms with E-state index in [0.717, 1.165) is 68.4 Å². The van der Waals surface area contributed by atoms with Crippen molar-refractivity contribution in [3.05, 3.63) is 42.2 Å². The number of aliphatic hydroxyl groups excluding tert-OH is 1. The molecule has 1 saturated heterocycles. The zero-order valence-electron chi connectivity index (χ0n) is 23.7. The largest absolute Gasteiger partial charge is 0.393 e. The quantitative estimate of drug-likeness (QED) is 0.352. The van der Waals surface area contributed by atoms with Crippen LogP contribution in [0.15, 0.2) is 36.7 Å². The Labute approximate surface area is 234 Å². The number of alkyl halides is 3. The van der Waals surface area contributed by atoms with Gasteiger partial charge >= 0.3 is 6.18 Å². The number of benzene rings is 1. The molecule has 0 bridgehead atoms. The van der Waals surface area contributed by atoms with Crippen LogP contribution in [0.1, 0.15) is 70.5 Å². The smallest absolute Gasteiger partial charge is 0.390 e. The maximum Gasteiger partial charge on any atom is 0.390 e. The van der Waals surface area contributed by atoms with Crippen LogP contribution in [0.5, 0.6) is 0 Å². The molecule has 0 unspecified atom stereocenters. The van der Waals surface area contributed by atoms with E-state index in [1.807, 2.05) is 0 Å². The number of hydrogen-bond donors (Lipinski definition) is 2. The summed E-state index contributed by atoms with van der Waals surface area (Å²) in [4.78, 5) is 14.1. The number of fused-ring (bicyclic) bond motifs is 1. The van der Waals surface area contributed by atoms with E-state index in [-0.39, 0.29) is 24.6 Å². The molecule has 7 nitrogen and oxygen atoms in total. The van der Waals surface area contributed by atoms with E-state index in [1.54, 1.807) is 6.20 Å². The molecule has 1 saturated carbocycles. The van der Waals surface area contributed by atoms with Crippen molar-refractivity contribution in [3.63, 3.8) is 0 Å². The third-order valence-corrected chi connectivity index (χ3v) is 8.65. The first-order valence-corrected chi connectivity index (χ1v) is 14.5. The number of piperazine rings is 1. The van der Waals surface area contributed by atoms with Crippen molar-refractivity contribution >= 4 is 17.0 Å². The van der Waals surface area contributed by atoms with Gasteiger partial charge in [-0.25, -0.2) is 4.98 Å². The molecule has 3 heterocycles. The molecule has 2 N–H and O–H groups in total. The lowest BCUT2D eigenvalue weighted by molar-refractivity contribution is -0.131. The van der Waals surface area contributed by atoms with Gasteiger partial charge in [0.2, 0.25) is 5.95 Å². The van der Waals surface area contributed by atoms with Crippen LogP contribution in [0, 0.1) is 0 Å². The van der Waals surface area contributed by atoms with Crippen molar-refractivity contribution in [2.75, 3.05) is 38.0 Å². The van der Waals surface area contributed by atoms with Gasteiger partial charge in [0.15, 0.2) is 0 Å². The number of rotatable bonds is 8. The number of hydrogen-bond acceptors (Lipinski definition) is 6. The van der Waals surface area contributed by atoms with Crippen LogP contribution >= 0.6 is 0 Å². The van der Waals surface area contributed by atoms with Gasteiger partial charge in [-0.05, 0) is 57.6 Å². The highest BCUT2D eigenvalue weighted by molar-refractivity contribution is 5.94. The van der Waals surface area contributed by atoms with Crippen LogP contribution in [0.2, 0.25) is 0 Å². The molecule has 10 heteroatoms. The fraction of sp³-hybridized carbons (Fsp3) is 0.600. The molecule has 5 rings (SSSR count). The maximum atomic E-state index is 12.7. The van der Waals surface area contributed by atoms with E-state index in [4.69, 9.17) is 0 Å². The Hall–Kier alpha value is -2.69. The van der Waals surface area contributed by atoms with Crippen LogP contribution in [-0.2, 0) is 0 Å². The standard InChI is InChI=1S/C30H41F3N6O/c1-20(2)37-14-16-38(17-15-37)21(3)22-4-6-23(7-5-22)27-19-39(24-8-10-25(40)11-9-24)28-26(27)18-35-29(36-28)34-13-12-30(31,32)33/h4-7,18-21,24-25,40H,8-17H2,1-3H3,(H,34,35,36)/t21-,24-,25-/m0/s1. The van der Waals surface area contributed by atoms with Crippen LogP contribution < -0.4 is 5.32 Å². The van der Waals surface area contributed by atoms with Crippen molar-refractivity contribution in [2.45, 2.75) is 83.3 Å². The summed E-state index contributed by atoms with van der Waals surface area (Å²) in [5.41, 5.74) is 4.05. The van der Waals surface area contributed by atoms with Gasteiger partial charge in [-0.1, -0.05) is 24.3 Å². The summed E-state index contributed by atoms with van der Waals surface area (Å²) in [7, 11) is 0. The van der Waals surface area contributed by atoms with Gasteiger partial charge in [0.1, 0.15) is 5.65 Å². The van der Waals surface area contributed by atoms with Crippen molar-refractivity contribution in [1.29, 1.82) is 0 Å². The highest BCUT2D eigenvalue weighted by Crippen LogP contribution is 2.37. The molecule has 1 atom stereocenters. The van der Waals surface area contributed by atoms with Gasteiger partial charge in [-0.3, -0.25) is 9.80 Å². The molecule has 2 fully saturated rings. The number of anilines is 1. The minimum Gasteiger partial charge on any atom is -0.393 e. The number of aliphatic hydroxyl groups is 1. The number of nitrogens with one attached hydrogen (secondary N) is 1. The zero-order valence-corrected chi connectivity index (χ0v) is 23.7. The molecule has 3 aromatic rings. The van der Waals surface area contributed by atoms with Gasteiger partial charge in [-0.2, -0.15) is 18.2 Å². The first-order valence-electron chi connectivity index (χ1n) is 14.5. The lowest BCUT2D eigenvalue weighted by Gasteiger charge is -2.40. The second kappa shape index (κ2) is 12.0. The first kappa shape index (κ1) is 28.8.